The van der Waals surface area contributed by atoms with Gasteiger partial charge in [0.25, 0.3) is 5.91 Å². The summed E-state index contributed by atoms with van der Waals surface area (Å²) < 4.78 is 4.82. The standard InChI is InChI=1S/C18H14N4O3/c1-2-25-18(24)12(9-19)8-13-11-21-17(23)15(10-20)16(13)22-14-6-4-3-5-7-14/h3-8,11,13,15H,2H2,1H3/b12-8+,22-16?. The van der Waals surface area contributed by atoms with Crippen molar-refractivity contribution in [3.8, 4) is 12.1 Å². The van der Waals surface area contributed by atoms with Crippen molar-refractivity contribution in [3.05, 3.63) is 42.0 Å². The van der Waals surface area contributed by atoms with Crippen molar-refractivity contribution in [2.75, 3.05) is 6.61 Å². The number of hydrogen-bond donors (Lipinski definition) is 0. The molecule has 124 valence electrons. The van der Waals surface area contributed by atoms with E-state index in [9.17, 15) is 14.9 Å². The van der Waals surface area contributed by atoms with Crippen molar-refractivity contribution in [2.45, 2.75) is 6.92 Å². The molecule has 0 saturated carbocycles. The second-order valence-electron chi connectivity index (χ2n) is 4.99. The third kappa shape index (κ3) is 4.24. The summed E-state index contributed by atoms with van der Waals surface area (Å²) in [6.07, 6.45) is 2.58. The Morgan fingerprint density at radius 3 is 2.68 bits per heavy atom. The summed E-state index contributed by atoms with van der Waals surface area (Å²) in [5.74, 6) is -3.31. The highest BCUT2D eigenvalue weighted by Gasteiger charge is 2.33. The van der Waals surface area contributed by atoms with Gasteiger partial charge in [-0.2, -0.15) is 10.5 Å². The van der Waals surface area contributed by atoms with Gasteiger partial charge in [0.1, 0.15) is 11.6 Å². The predicted molar refractivity (Wildman–Crippen MR) is 90.0 cm³/mol. The molecular weight excluding hydrogens is 320 g/mol. The van der Waals surface area contributed by atoms with Crippen LogP contribution in [0.15, 0.2) is 52.0 Å². The van der Waals surface area contributed by atoms with Crippen LogP contribution in [0, 0.1) is 34.5 Å². The lowest BCUT2D eigenvalue weighted by molar-refractivity contribution is -0.138. The lowest BCUT2D eigenvalue weighted by atomic mass is 9.88. The molecule has 2 unspecified atom stereocenters. The van der Waals surface area contributed by atoms with Crippen molar-refractivity contribution in [3.63, 3.8) is 0 Å². The molecule has 7 heteroatoms. The molecule has 0 fully saturated rings. The topological polar surface area (TPSA) is 116 Å². The van der Waals surface area contributed by atoms with E-state index in [1.165, 1.54) is 12.3 Å². The van der Waals surface area contributed by atoms with E-state index in [1.54, 1.807) is 37.3 Å². The number of amides is 1. The Kier molecular flexibility index (Phi) is 5.92. The summed E-state index contributed by atoms with van der Waals surface area (Å²) in [7, 11) is 0. The van der Waals surface area contributed by atoms with Crippen LogP contribution in [0.2, 0.25) is 0 Å². The first-order valence-electron chi connectivity index (χ1n) is 7.51. The zero-order chi connectivity index (χ0) is 18.2. The highest BCUT2D eigenvalue weighted by molar-refractivity contribution is 6.20. The number of benzene rings is 1. The number of carbonyl (C=O) groups excluding carboxylic acids is 2. The molecule has 2 rings (SSSR count). The van der Waals surface area contributed by atoms with Crippen LogP contribution in [0.3, 0.4) is 0 Å². The fraction of sp³-hybridized carbons (Fsp3) is 0.222. The van der Waals surface area contributed by atoms with Crippen LogP contribution >= 0.6 is 0 Å². The van der Waals surface area contributed by atoms with Crippen LogP contribution in [-0.4, -0.2) is 30.4 Å². The van der Waals surface area contributed by atoms with Crippen LogP contribution in [0.25, 0.3) is 0 Å². The van der Waals surface area contributed by atoms with Gasteiger partial charge in [0, 0.05) is 6.21 Å². The van der Waals surface area contributed by atoms with Crippen LogP contribution < -0.4 is 0 Å². The highest BCUT2D eigenvalue weighted by atomic mass is 16.5. The van der Waals surface area contributed by atoms with Gasteiger partial charge in [0.15, 0.2) is 5.92 Å². The molecule has 1 aromatic rings. The summed E-state index contributed by atoms with van der Waals surface area (Å²) in [6, 6.07) is 12.4. The number of aliphatic imine (C=N–C) groups is 2. The summed E-state index contributed by atoms with van der Waals surface area (Å²) in [5, 5.41) is 18.5. The van der Waals surface area contributed by atoms with Crippen molar-refractivity contribution in [1.82, 2.24) is 0 Å². The number of allylic oxidation sites excluding steroid dienone is 1. The molecule has 1 heterocycles. The van der Waals surface area contributed by atoms with Gasteiger partial charge in [-0.1, -0.05) is 18.2 Å². The van der Waals surface area contributed by atoms with Crippen molar-refractivity contribution >= 4 is 29.5 Å². The first kappa shape index (κ1) is 17.8. The van der Waals surface area contributed by atoms with Crippen LogP contribution in [-0.2, 0) is 14.3 Å². The van der Waals surface area contributed by atoms with Crippen molar-refractivity contribution in [1.29, 1.82) is 10.5 Å². The van der Waals surface area contributed by atoms with Gasteiger partial charge in [0.2, 0.25) is 0 Å². The maximum Gasteiger partial charge on any atom is 0.348 e. The average Bonchev–Trinajstić information content (AvgIpc) is 2.62. The molecule has 2 atom stereocenters. The molecule has 0 bridgehead atoms. The summed E-state index contributed by atoms with van der Waals surface area (Å²) >= 11 is 0. The molecule has 0 aromatic heterocycles. The van der Waals surface area contributed by atoms with E-state index in [-0.39, 0.29) is 17.9 Å². The molecule has 7 nitrogen and oxygen atoms in total. The average molecular weight is 334 g/mol. The number of rotatable bonds is 4. The number of nitriles is 2. The van der Waals surface area contributed by atoms with Crippen molar-refractivity contribution in [2.24, 2.45) is 21.8 Å². The molecule has 0 spiro atoms. The first-order chi connectivity index (χ1) is 12.1. The maximum atomic E-state index is 11.9. The van der Waals surface area contributed by atoms with Gasteiger partial charge >= 0.3 is 5.97 Å². The Bertz CT molecular complexity index is 841. The highest BCUT2D eigenvalue weighted by Crippen LogP contribution is 2.22. The minimum absolute atomic E-state index is 0.126. The smallest absolute Gasteiger partial charge is 0.348 e. The molecule has 1 aliphatic rings. The minimum atomic E-state index is -1.17. The van der Waals surface area contributed by atoms with E-state index in [0.717, 1.165) is 0 Å². The largest absolute Gasteiger partial charge is 0.462 e. The Morgan fingerprint density at radius 2 is 2.08 bits per heavy atom. The predicted octanol–water partition coefficient (Wildman–Crippen LogP) is 2.14. The Morgan fingerprint density at radius 1 is 1.36 bits per heavy atom. The van der Waals surface area contributed by atoms with Gasteiger partial charge in [-0.05, 0) is 25.1 Å². The monoisotopic (exact) mass is 334 g/mol. The summed E-state index contributed by atoms with van der Waals surface area (Å²) in [4.78, 5) is 31.7. The Labute approximate surface area is 144 Å². The third-order valence-corrected chi connectivity index (χ3v) is 3.35. The third-order valence-electron chi connectivity index (χ3n) is 3.35. The Hall–Kier alpha value is -3.58. The Balaban J connectivity index is 2.50. The number of carbonyl (C=O) groups is 2. The fourth-order valence-corrected chi connectivity index (χ4v) is 2.20. The second-order valence-corrected chi connectivity index (χ2v) is 4.99. The van der Waals surface area contributed by atoms with Crippen LogP contribution in [0.4, 0.5) is 5.69 Å². The normalized spacial score (nSPS) is 21.5. The van der Waals surface area contributed by atoms with Crippen molar-refractivity contribution < 1.29 is 14.3 Å². The number of hydrogen-bond acceptors (Lipinski definition) is 6. The SMILES string of the molecule is CCOC(=O)/C(C#N)=C/C1C=NC(=O)C(C#N)C1=Nc1ccccc1. The molecule has 0 radical (unpaired) electrons. The molecule has 1 aliphatic heterocycles. The lowest BCUT2D eigenvalue weighted by Crippen LogP contribution is -2.33. The van der Waals surface area contributed by atoms with E-state index in [2.05, 4.69) is 9.98 Å². The number of para-hydroxylation sites is 1. The van der Waals surface area contributed by atoms with Gasteiger partial charge < -0.3 is 4.74 Å². The number of ether oxygens (including phenoxy) is 1. The molecular formula is C18H14N4O3. The van der Waals surface area contributed by atoms with Gasteiger partial charge in [-0.15, -0.1) is 0 Å². The fourth-order valence-electron chi connectivity index (χ4n) is 2.20. The van der Waals surface area contributed by atoms with Gasteiger partial charge in [-0.25, -0.2) is 9.79 Å². The van der Waals surface area contributed by atoms with E-state index >= 15 is 0 Å². The van der Waals surface area contributed by atoms with E-state index in [1.807, 2.05) is 12.1 Å². The first-order valence-corrected chi connectivity index (χ1v) is 7.51. The molecule has 0 saturated heterocycles. The zero-order valence-electron chi connectivity index (χ0n) is 13.4. The molecule has 0 N–H and O–H groups in total. The molecule has 1 amide bonds. The molecule has 1 aromatic carbocycles. The molecule has 25 heavy (non-hydrogen) atoms. The molecule has 0 aliphatic carbocycles. The van der Waals surface area contributed by atoms with E-state index in [4.69, 9.17) is 10.00 Å². The van der Waals surface area contributed by atoms with Gasteiger partial charge in [-0.3, -0.25) is 9.79 Å². The lowest BCUT2D eigenvalue weighted by Gasteiger charge is -2.19. The van der Waals surface area contributed by atoms with Gasteiger partial charge in [0.05, 0.1) is 30.0 Å². The van der Waals surface area contributed by atoms with Crippen LogP contribution in [0.1, 0.15) is 6.92 Å². The quantitative estimate of drug-likeness (QED) is 0.475. The number of nitrogens with zero attached hydrogens (tertiary/aromatic N) is 4. The maximum absolute atomic E-state index is 11.9. The summed E-state index contributed by atoms with van der Waals surface area (Å²) in [6.45, 7) is 1.75. The van der Waals surface area contributed by atoms with E-state index in [0.29, 0.717) is 5.69 Å². The second kappa shape index (κ2) is 8.32. The minimum Gasteiger partial charge on any atom is -0.462 e. The summed E-state index contributed by atoms with van der Waals surface area (Å²) in [5.41, 5.74) is 0.532. The van der Waals surface area contributed by atoms with E-state index < -0.39 is 23.7 Å². The number of esters is 1. The zero-order valence-corrected chi connectivity index (χ0v) is 13.4. The van der Waals surface area contributed by atoms with Crippen LogP contribution in [0.5, 0.6) is 0 Å².